The maximum absolute atomic E-state index is 5.76. The number of benzene rings is 12. The van der Waals surface area contributed by atoms with Gasteiger partial charge in [-0.2, -0.15) is 0 Å². The predicted molar refractivity (Wildman–Crippen MR) is 523 cm³/mol. The highest BCUT2D eigenvalue weighted by atomic mass is 16.5. The molecule has 7 heteroatoms. The largest absolute Gasteiger partial charge is 0.457 e. The molecule has 0 aliphatic rings. The number of nitrogens with zero attached hydrogens (tertiary/aromatic N) is 2. The minimum Gasteiger partial charge on any atom is -0.457 e. The van der Waals surface area contributed by atoms with Gasteiger partial charge in [0.1, 0.15) is 28.7 Å². The normalized spacial score (nSPS) is 11.0. The molecule has 0 saturated carbocycles. The Kier molecular flexibility index (Phi) is 38.8. The first-order chi connectivity index (χ1) is 58.3. The molecule has 0 spiro atoms. The molecule has 12 aromatic carbocycles. The van der Waals surface area contributed by atoms with Gasteiger partial charge in [0.15, 0.2) is 0 Å². The lowest BCUT2D eigenvalue weighted by molar-refractivity contribution is 0.405. The lowest BCUT2D eigenvalue weighted by Gasteiger charge is -2.18. The van der Waals surface area contributed by atoms with Crippen LogP contribution in [-0.4, -0.2) is 9.97 Å². The van der Waals surface area contributed by atoms with E-state index in [2.05, 4.69) is 345 Å². The van der Waals surface area contributed by atoms with Gasteiger partial charge in [-0.25, -0.2) is 4.98 Å². The molecule has 0 unspecified atom stereocenters. The Balaban J connectivity index is 0.000000177. The zero-order valence-corrected chi connectivity index (χ0v) is 76.2. The van der Waals surface area contributed by atoms with Crippen molar-refractivity contribution in [2.24, 2.45) is 39.4 Å². The second-order valence-electron chi connectivity index (χ2n) is 37.5. The molecule has 2 N–H and O–H groups in total. The first-order valence-electron chi connectivity index (χ1n) is 43.6. The first kappa shape index (κ1) is 95.4. The number of ether oxygens (including phenoxy) is 3. The Hall–Kier alpha value is -12.1. The fraction of sp³-hybridized carbons (Fsp3) is 0.287. The highest BCUT2D eigenvalue weighted by Crippen LogP contribution is 2.30. The molecule has 634 valence electrons. The Labute approximate surface area is 734 Å². The average Bonchev–Trinajstić information content (AvgIpc) is 0.855. The van der Waals surface area contributed by atoms with Crippen LogP contribution in [0, 0.1) is 39.4 Å². The van der Waals surface area contributed by atoms with Crippen molar-refractivity contribution in [3.8, 4) is 45.8 Å². The van der Waals surface area contributed by atoms with Crippen LogP contribution in [0.1, 0.15) is 175 Å². The summed E-state index contributed by atoms with van der Waals surface area (Å²) in [5.74, 6) is 6.97. The van der Waals surface area contributed by atoms with Crippen molar-refractivity contribution >= 4 is 22.7 Å². The van der Waals surface area contributed by atoms with Crippen LogP contribution in [0.4, 0.5) is 22.7 Å². The van der Waals surface area contributed by atoms with Crippen molar-refractivity contribution in [3.63, 3.8) is 0 Å². The van der Waals surface area contributed by atoms with Gasteiger partial charge in [-0.15, -0.1) is 0 Å². The number of hydrogen-bond donors (Lipinski definition) is 2. The van der Waals surface area contributed by atoms with E-state index < -0.39 is 0 Å². The van der Waals surface area contributed by atoms with Crippen LogP contribution in [0.3, 0.4) is 0 Å². The van der Waals surface area contributed by atoms with Gasteiger partial charge in [0, 0.05) is 40.7 Å². The first-order valence-corrected chi connectivity index (χ1v) is 43.6. The molecule has 122 heavy (non-hydrogen) atoms. The lowest BCUT2D eigenvalue weighted by Crippen LogP contribution is -2.10. The average molecular weight is 1620 g/mol. The summed E-state index contributed by atoms with van der Waals surface area (Å²) in [6, 6.07) is 123. The molecule has 0 radical (unpaired) electrons. The van der Waals surface area contributed by atoms with Crippen molar-refractivity contribution in [2.45, 2.75) is 176 Å². The van der Waals surface area contributed by atoms with Crippen molar-refractivity contribution in [3.05, 3.63) is 421 Å². The highest BCUT2D eigenvalue weighted by molar-refractivity contribution is 5.64. The van der Waals surface area contributed by atoms with Crippen molar-refractivity contribution in [1.82, 2.24) is 9.97 Å². The number of anilines is 4. The number of hydrogen-bond acceptors (Lipinski definition) is 7. The molecule has 0 atom stereocenters. The van der Waals surface area contributed by atoms with Crippen LogP contribution in [-0.2, 0) is 51.4 Å². The Morgan fingerprint density at radius 3 is 0.992 bits per heavy atom. The third-order valence-electron chi connectivity index (χ3n) is 18.6. The number of rotatable bonds is 23. The van der Waals surface area contributed by atoms with E-state index in [1.807, 2.05) is 164 Å². The minimum absolute atomic E-state index is 0.259. The SMILES string of the molecule is CC(C)(C)Cc1ccc(-c2ccccc2)cc1.CC(C)(C)Cc1ccc(Oc2ccccc2)cc1.CC(C)(C)Cc1ccc(Oc2ccccc2)cn1.CC(C)(C)Cc1ccc(Oc2ccccc2)nc1.CC(C)Cc1ccc(Cc2ccccc2)cc1.CC(C)Cc1ccc(Nc2ccccc2)cc1.CC(C)Cc1cccc(Nc2ccccc2)c1. The van der Waals surface area contributed by atoms with Crippen LogP contribution in [0.25, 0.3) is 11.1 Å². The summed E-state index contributed by atoms with van der Waals surface area (Å²) in [5, 5.41) is 6.80. The van der Waals surface area contributed by atoms with E-state index >= 15 is 0 Å². The van der Waals surface area contributed by atoms with Gasteiger partial charge in [0.2, 0.25) is 5.88 Å². The molecule has 2 heterocycles. The summed E-state index contributed by atoms with van der Waals surface area (Å²) in [6.45, 7) is 40.4. The highest BCUT2D eigenvalue weighted by Gasteiger charge is 2.16. The summed E-state index contributed by atoms with van der Waals surface area (Å²) in [7, 11) is 0. The molecule has 0 aliphatic carbocycles. The number of pyridine rings is 2. The summed E-state index contributed by atoms with van der Waals surface area (Å²) in [4.78, 5) is 8.77. The molecule has 0 bridgehead atoms. The van der Waals surface area contributed by atoms with Crippen LogP contribution >= 0.6 is 0 Å². The van der Waals surface area contributed by atoms with E-state index in [0.717, 1.165) is 108 Å². The van der Waals surface area contributed by atoms with Crippen LogP contribution < -0.4 is 24.8 Å². The maximum Gasteiger partial charge on any atom is 0.219 e. The van der Waals surface area contributed by atoms with Gasteiger partial charge >= 0.3 is 0 Å². The standard InChI is InChI=1S/C17H20O.2C17H20.2C16H19NO.2C16H19N/c1-17(2,3)13-14-9-11-16(12-10-14)18-15-7-5-4-6-8-15;1-17(2,3)13-14-9-11-16(12-10-14)15-7-5-4-6-8-15;1-14(2)12-16-8-10-17(11-9-16)13-15-6-4-3-5-7-15;1-16(2,3)11-13-9-10-15(12-17-13)18-14-7-5-4-6-8-14;1-16(2,3)11-13-9-10-15(17-12-13)18-14-7-5-4-6-8-14;1-13(2)11-14-7-6-10-16(12-14)17-15-8-4-3-5-9-15;1-13(2)12-14-8-10-16(11-9-14)17-15-6-4-3-5-7-15/h4-12H,13H2,1-3H3;4-12H,13H2,1-3H3;3-11,14H,12-13H2,1-2H3;2*4-10,12H,11H2,1-3H3;3-10,12-13,17H,11H2,1-2H3;3-11,13,17H,12H2,1-2H3. The smallest absolute Gasteiger partial charge is 0.219 e. The molecular formula is C115H136N4O3. The molecule has 0 fully saturated rings. The van der Waals surface area contributed by atoms with Gasteiger partial charge in [-0.05, 0) is 256 Å². The summed E-state index contributed by atoms with van der Waals surface area (Å²) in [6.07, 6.45) is 12.4. The second-order valence-corrected chi connectivity index (χ2v) is 37.5. The lowest BCUT2D eigenvalue weighted by atomic mass is 9.88. The fourth-order valence-corrected chi connectivity index (χ4v) is 13.4. The van der Waals surface area contributed by atoms with E-state index in [1.165, 1.54) is 62.1 Å². The molecule has 0 aliphatic heterocycles. The maximum atomic E-state index is 5.76. The van der Waals surface area contributed by atoms with Gasteiger partial charge in [-0.1, -0.05) is 367 Å². The molecular weight excluding hydrogens is 1490 g/mol. The van der Waals surface area contributed by atoms with E-state index in [9.17, 15) is 0 Å². The molecule has 14 rings (SSSR count). The topological polar surface area (TPSA) is 77.5 Å². The number of nitrogens with one attached hydrogen (secondary N) is 2. The zero-order valence-electron chi connectivity index (χ0n) is 76.2. The van der Waals surface area contributed by atoms with Crippen molar-refractivity contribution < 1.29 is 14.2 Å². The van der Waals surface area contributed by atoms with Gasteiger partial charge in [0.25, 0.3) is 0 Å². The van der Waals surface area contributed by atoms with Crippen molar-refractivity contribution in [2.75, 3.05) is 10.6 Å². The molecule has 0 amide bonds. The summed E-state index contributed by atoms with van der Waals surface area (Å²) >= 11 is 0. The monoisotopic (exact) mass is 1620 g/mol. The van der Waals surface area contributed by atoms with E-state index in [1.54, 1.807) is 6.20 Å². The Morgan fingerprint density at radius 1 is 0.238 bits per heavy atom. The Morgan fingerprint density at radius 2 is 0.557 bits per heavy atom. The third-order valence-corrected chi connectivity index (χ3v) is 18.6. The molecule has 2 aromatic heterocycles. The second kappa shape index (κ2) is 49.6. The quantitative estimate of drug-likeness (QED) is 0.0661. The molecule has 14 aromatic rings. The summed E-state index contributed by atoms with van der Waals surface area (Å²) in [5.41, 5.74) is 20.5. The van der Waals surface area contributed by atoms with E-state index in [4.69, 9.17) is 14.2 Å². The van der Waals surface area contributed by atoms with E-state index in [0.29, 0.717) is 28.5 Å². The number of aromatic nitrogens is 2. The third kappa shape index (κ3) is 40.8. The van der Waals surface area contributed by atoms with Gasteiger partial charge in [0.05, 0.1) is 6.20 Å². The minimum atomic E-state index is 0.259. The van der Waals surface area contributed by atoms with Gasteiger partial charge < -0.3 is 24.8 Å². The predicted octanol–water partition coefficient (Wildman–Crippen LogP) is 32.7. The van der Waals surface area contributed by atoms with Crippen LogP contribution in [0.15, 0.2) is 370 Å². The molecule has 0 saturated heterocycles. The van der Waals surface area contributed by atoms with Crippen LogP contribution in [0.2, 0.25) is 0 Å². The Bertz CT molecular complexity index is 4780. The van der Waals surface area contributed by atoms with Crippen molar-refractivity contribution in [1.29, 1.82) is 0 Å². The number of para-hydroxylation sites is 5. The summed E-state index contributed by atoms with van der Waals surface area (Å²) < 4.78 is 17.1. The van der Waals surface area contributed by atoms with Crippen LogP contribution in [0.5, 0.6) is 34.6 Å². The molecule has 7 nitrogen and oxygen atoms in total. The van der Waals surface area contributed by atoms with E-state index in [-0.39, 0.29) is 10.8 Å². The zero-order chi connectivity index (χ0) is 87.6. The van der Waals surface area contributed by atoms with Gasteiger partial charge in [-0.3, -0.25) is 4.98 Å². The fourth-order valence-electron chi connectivity index (χ4n) is 13.4.